The Kier molecular flexibility index (Phi) is 3.07. The predicted molar refractivity (Wildman–Crippen MR) is 70.9 cm³/mol. The number of fused-ring (bicyclic) bond motifs is 3. The molecule has 1 heterocycles. The minimum Gasteiger partial charge on any atom is -0.493 e. The van der Waals surface area contributed by atoms with Gasteiger partial charge in [-0.2, -0.15) is 0 Å². The van der Waals surface area contributed by atoms with Crippen LogP contribution in [-0.4, -0.2) is 29.4 Å². The van der Waals surface area contributed by atoms with Gasteiger partial charge in [0.1, 0.15) is 16.0 Å². The van der Waals surface area contributed by atoms with E-state index in [1.165, 1.54) is 0 Å². The molecule has 0 spiro atoms. The van der Waals surface area contributed by atoms with Gasteiger partial charge in [-0.15, -0.1) is 5.54 Å². The summed E-state index contributed by atoms with van der Waals surface area (Å²) in [5.74, 6) is 4.18. The molecule has 1 fully saturated rings. The first-order valence-electron chi connectivity index (χ1n) is 6.37. The van der Waals surface area contributed by atoms with Crippen LogP contribution in [0.15, 0.2) is 18.2 Å². The van der Waals surface area contributed by atoms with Gasteiger partial charge in [0.05, 0.1) is 19.1 Å². The van der Waals surface area contributed by atoms with Crippen molar-refractivity contribution in [1.82, 2.24) is 0 Å². The van der Waals surface area contributed by atoms with Crippen LogP contribution in [0, 0.1) is 23.3 Å². The van der Waals surface area contributed by atoms with Gasteiger partial charge in [0.15, 0.2) is 0 Å². The molecule has 0 bridgehead atoms. The van der Waals surface area contributed by atoms with Gasteiger partial charge < -0.3 is 9.47 Å². The maximum atomic E-state index is 11.8. The SMILES string of the molecule is CCOC(=O)C1[C@H]2c3ccc(C#C[Si])cc3OC[C@@H]12. The highest BCUT2D eigenvalue weighted by molar-refractivity contribution is 6.22. The lowest BCUT2D eigenvalue weighted by Gasteiger charge is -2.16. The van der Waals surface area contributed by atoms with Crippen molar-refractivity contribution in [3.8, 4) is 17.2 Å². The van der Waals surface area contributed by atoms with Gasteiger partial charge in [-0.3, -0.25) is 4.79 Å². The van der Waals surface area contributed by atoms with Crippen LogP contribution in [0.2, 0.25) is 0 Å². The van der Waals surface area contributed by atoms with Gasteiger partial charge in [0.25, 0.3) is 0 Å². The largest absolute Gasteiger partial charge is 0.493 e. The van der Waals surface area contributed by atoms with Gasteiger partial charge in [-0.05, 0) is 24.6 Å². The summed E-state index contributed by atoms with van der Waals surface area (Å²) in [4.78, 5) is 11.8. The minimum absolute atomic E-state index is 0.0334. The van der Waals surface area contributed by atoms with E-state index in [4.69, 9.17) is 9.47 Å². The topological polar surface area (TPSA) is 35.5 Å². The second-order valence-electron chi connectivity index (χ2n) is 4.78. The quantitative estimate of drug-likeness (QED) is 0.463. The first-order chi connectivity index (χ1) is 9.26. The van der Waals surface area contributed by atoms with Crippen LogP contribution in [-0.2, 0) is 9.53 Å². The van der Waals surface area contributed by atoms with E-state index in [0.29, 0.717) is 13.2 Å². The normalized spacial score (nSPS) is 26.1. The summed E-state index contributed by atoms with van der Waals surface area (Å²) in [6.45, 7) is 2.85. The third-order valence-electron chi connectivity index (χ3n) is 3.74. The van der Waals surface area contributed by atoms with E-state index < -0.39 is 0 Å². The number of hydrogen-bond donors (Lipinski definition) is 0. The average Bonchev–Trinajstić information content (AvgIpc) is 3.14. The van der Waals surface area contributed by atoms with Crippen molar-refractivity contribution in [2.45, 2.75) is 12.8 Å². The smallest absolute Gasteiger partial charge is 0.309 e. The monoisotopic (exact) mass is 269 g/mol. The lowest BCUT2D eigenvalue weighted by molar-refractivity contribution is -0.145. The molecule has 1 saturated carbocycles. The van der Waals surface area contributed by atoms with Gasteiger partial charge >= 0.3 is 5.97 Å². The molecule has 3 atom stereocenters. The molecule has 95 valence electrons. The van der Waals surface area contributed by atoms with E-state index in [1.807, 2.05) is 25.1 Å². The molecule has 1 aliphatic heterocycles. The molecule has 0 aromatic heterocycles. The van der Waals surface area contributed by atoms with E-state index in [2.05, 4.69) is 21.7 Å². The standard InChI is InChI=1S/C15H13O3Si/c1-2-17-15(16)14-11-8-18-12-7-9(5-6-19)3-4-10(12)13(11)14/h3-4,7,11,13-14H,2,8H2,1H3/t11-,13+,14?/m1/s1. The molecular weight excluding hydrogens is 256 g/mol. The zero-order valence-electron chi connectivity index (χ0n) is 10.6. The van der Waals surface area contributed by atoms with Crippen LogP contribution in [0.3, 0.4) is 0 Å². The second-order valence-corrected chi connectivity index (χ2v) is 5.03. The predicted octanol–water partition coefficient (Wildman–Crippen LogP) is 1.45. The van der Waals surface area contributed by atoms with Gasteiger partial charge in [0, 0.05) is 17.4 Å². The Bertz CT molecular complexity index is 585. The van der Waals surface area contributed by atoms with Crippen molar-refractivity contribution < 1.29 is 14.3 Å². The maximum Gasteiger partial charge on any atom is 0.309 e. The van der Waals surface area contributed by atoms with Crippen LogP contribution in [0.25, 0.3) is 0 Å². The molecule has 1 aliphatic carbocycles. The summed E-state index contributed by atoms with van der Waals surface area (Å²) < 4.78 is 10.8. The first kappa shape index (κ1) is 12.3. The van der Waals surface area contributed by atoms with E-state index in [0.717, 1.165) is 16.9 Å². The summed E-state index contributed by atoms with van der Waals surface area (Å²) >= 11 is 0. The Morgan fingerprint density at radius 2 is 2.42 bits per heavy atom. The molecule has 0 saturated heterocycles. The van der Waals surface area contributed by atoms with Crippen LogP contribution in [0.1, 0.15) is 24.0 Å². The van der Waals surface area contributed by atoms with E-state index in [1.54, 1.807) is 0 Å². The molecule has 0 amide bonds. The number of ether oxygens (including phenoxy) is 2. The zero-order valence-corrected chi connectivity index (χ0v) is 11.6. The van der Waals surface area contributed by atoms with Crippen molar-refractivity contribution in [1.29, 1.82) is 0 Å². The number of rotatable bonds is 2. The average molecular weight is 269 g/mol. The van der Waals surface area contributed by atoms with Crippen molar-refractivity contribution in [3.05, 3.63) is 29.3 Å². The number of carbonyl (C=O) groups excluding carboxylic acids is 1. The summed E-state index contributed by atoms with van der Waals surface area (Å²) in [5.41, 5.74) is 4.69. The molecule has 3 rings (SSSR count). The number of hydrogen-bond acceptors (Lipinski definition) is 3. The fourth-order valence-electron chi connectivity index (χ4n) is 2.84. The third kappa shape index (κ3) is 2.04. The molecule has 1 aromatic rings. The maximum absolute atomic E-state index is 11.8. The van der Waals surface area contributed by atoms with Gasteiger partial charge in [-0.1, -0.05) is 12.0 Å². The summed E-state index contributed by atoms with van der Waals surface area (Å²) in [6.07, 6.45) is 0. The Labute approximate surface area is 115 Å². The van der Waals surface area contributed by atoms with Crippen molar-refractivity contribution in [2.75, 3.05) is 13.2 Å². The zero-order chi connectivity index (χ0) is 13.4. The lowest BCUT2D eigenvalue weighted by atomic mass is 10.0. The second kappa shape index (κ2) is 4.75. The molecule has 1 aromatic carbocycles. The van der Waals surface area contributed by atoms with Gasteiger partial charge in [-0.25, -0.2) is 0 Å². The van der Waals surface area contributed by atoms with Crippen LogP contribution in [0.4, 0.5) is 0 Å². The molecule has 4 heteroatoms. The lowest BCUT2D eigenvalue weighted by Crippen LogP contribution is -2.10. The number of benzene rings is 1. The Hall–Kier alpha value is -1.73. The van der Waals surface area contributed by atoms with Crippen molar-refractivity contribution in [3.63, 3.8) is 0 Å². The summed E-state index contributed by atoms with van der Waals surface area (Å²) in [5, 5.41) is 0. The minimum atomic E-state index is -0.0991. The Balaban J connectivity index is 1.86. The van der Waals surface area contributed by atoms with E-state index in [-0.39, 0.29) is 23.7 Å². The first-order valence-corrected chi connectivity index (χ1v) is 6.87. The van der Waals surface area contributed by atoms with Crippen LogP contribution >= 0.6 is 0 Å². The highest BCUT2D eigenvalue weighted by Gasteiger charge is 2.59. The van der Waals surface area contributed by atoms with Crippen molar-refractivity contribution >= 4 is 16.2 Å². The fourth-order valence-corrected chi connectivity index (χ4v) is 2.98. The molecular formula is C15H13O3Si. The van der Waals surface area contributed by atoms with Gasteiger partial charge in [0.2, 0.25) is 0 Å². The summed E-state index contributed by atoms with van der Waals surface area (Å²) in [7, 11) is 3.13. The van der Waals surface area contributed by atoms with Crippen LogP contribution in [0.5, 0.6) is 5.75 Å². The fraction of sp³-hybridized carbons (Fsp3) is 0.400. The third-order valence-corrected chi connectivity index (χ3v) is 3.86. The Morgan fingerprint density at radius 3 is 3.16 bits per heavy atom. The molecule has 19 heavy (non-hydrogen) atoms. The highest BCUT2D eigenvalue weighted by atomic mass is 28.1. The van der Waals surface area contributed by atoms with E-state index >= 15 is 0 Å². The number of carbonyl (C=O) groups is 1. The summed E-state index contributed by atoms with van der Waals surface area (Å²) in [6, 6.07) is 5.90. The van der Waals surface area contributed by atoms with Crippen LogP contribution < -0.4 is 4.74 Å². The van der Waals surface area contributed by atoms with E-state index in [9.17, 15) is 4.79 Å². The molecule has 3 radical (unpaired) electrons. The number of esters is 1. The molecule has 3 nitrogen and oxygen atoms in total. The Morgan fingerprint density at radius 1 is 1.58 bits per heavy atom. The molecule has 1 unspecified atom stereocenters. The van der Waals surface area contributed by atoms with Crippen molar-refractivity contribution in [2.24, 2.45) is 11.8 Å². The highest BCUT2D eigenvalue weighted by Crippen LogP contribution is 2.59. The molecule has 0 N–H and O–H groups in total. The molecule has 2 aliphatic rings.